The Kier molecular flexibility index (Phi) is 5.33. The van der Waals surface area contributed by atoms with Gasteiger partial charge in [-0.3, -0.25) is 4.21 Å². The van der Waals surface area contributed by atoms with Gasteiger partial charge in [0.1, 0.15) is 0 Å². The molecule has 1 aromatic rings. The summed E-state index contributed by atoms with van der Waals surface area (Å²) in [5, 5.41) is 2.97. The van der Waals surface area contributed by atoms with Gasteiger partial charge in [-0.15, -0.1) is 0 Å². The van der Waals surface area contributed by atoms with Gasteiger partial charge in [0, 0.05) is 28.9 Å². The summed E-state index contributed by atoms with van der Waals surface area (Å²) in [6.45, 7) is 2.30. The summed E-state index contributed by atoms with van der Waals surface area (Å²) in [6, 6.07) is 4.43. The number of anilines is 2. The van der Waals surface area contributed by atoms with Crippen LogP contribution in [0.15, 0.2) is 23.1 Å². The molecule has 0 amide bonds. The van der Waals surface area contributed by atoms with E-state index in [1.54, 1.807) is 6.26 Å². The Hall–Kier alpha value is -1.12. The lowest BCUT2D eigenvalue weighted by molar-refractivity contribution is 0.588. The van der Waals surface area contributed by atoms with Gasteiger partial charge in [0.2, 0.25) is 10.0 Å². The largest absolute Gasteiger partial charge is 0.397 e. The standard InChI is InChI=1S/C11H19N3O3S2/c1-8(18(3)15)7-14-11-6-9(4-5-10(11)12)19(16,17)13-2/h4-6,8,13-14H,7,12H2,1-3H3. The van der Waals surface area contributed by atoms with Gasteiger partial charge in [-0.1, -0.05) is 0 Å². The first-order chi connectivity index (χ1) is 8.77. The predicted octanol–water partition coefficient (Wildman–Crippen LogP) is 0.356. The molecular formula is C11H19N3O3S2. The molecule has 0 fully saturated rings. The molecule has 0 aliphatic carbocycles. The van der Waals surface area contributed by atoms with Gasteiger partial charge < -0.3 is 11.1 Å². The maximum Gasteiger partial charge on any atom is 0.240 e. The summed E-state index contributed by atoms with van der Waals surface area (Å²) in [6.07, 6.45) is 1.62. The van der Waals surface area contributed by atoms with Crippen molar-refractivity contribution < 1.29 is 12.6 Å². The highest BCUT2D eigenvalue weighted by atomic mass is 32.2. The minimum absolute atomic E-state index is 0.0519. The van der Waals surface area contributed by atoms with Gasteiger partial charge in [0.05, 0.1) is 16.3 Å². The maximum absolute atomic E-state index is 11.7. The van der Waals surface area contributed by atoms with E-state index in [2.05, 4.69) is 10.0 Å². The first-order valence-corrected chi connectivity index (χ1v) is 8.77. The van der Waals surface area contributed by atoms with Crippen LogP contribution in [-0.4, -0.2) is 37.7 Å². The Morgan fingerprint density at radius 3 is 2.58 bits per heavy atom. The van der Waals surface area contributed by atoms with Crippen LogP contribution in [0.4, 0.5) is 11.4 Å². The van der Waals surface area contributed by atoms with E-state index in [-0.39, 0.29) is 10.1 Å². The van der Waals surface area contributed by atoms with Crippen LogP contribution in [0.1, 0.15) is 6.92 Å². The highest BCUT2D eigenvalue weighted by Gasteiger charge is 2.14. The van der Waals surface area contributed by atoms with Crippen molar-refractivity contribution in [1.82, 2.24) is 4.72 Å². The fourth-order valence-electron chi connectivity index (χ4n) is 1.34. The third-order valence-corrected chi connectivity index (χ3v) is 5.46. The molecule has 0 heterocycles. The number of nitrogens with one attached hydrogen (secondary N) is 2. The number of hydrogen-bond acceptors (Lipinski definition) is 5. The molecule has 8 heteroatoms. The van der Waals surface area contributed by atoms with E-state index in [4.69, 9.17) is 5.73 Å². The molecule has 1 aromatic carbocycles. The number of benzene rings is 1. The Balaban J connectivity index is 2.96. The zero-order chi connectivity index (χ0) is 14.6. The lowest BCUT2D eigenvalue weighted by Crippen LogP contribution is -2.22. The van der Waals surface area contributed by atoms with Crippen molar-refractivity contribution in [3.8, 4) is 0 Å². The molecule has 4 N–H and O–H groups in total. The van der Waals surface area contributed by atoms with Gasteiger partial charge in [-0.2, -0.15) is 0 Å². The number of nitrogens with two attached hydrogens (primary N) is 1. The first-order valence-electron chi connectivity index (χ1n) is 5.67. The van der Waals surface area contributed by atoms with Gasteiger partial charge in [0.15, 0.2) is 0 Å². The van der Waals surface area contributed by atoms with Crippen LogP contribution in [0, 0.1) is 0 Å². The average molecular weight is 305 g/mol. The Morgan fingerprint density at radius 1 is 1.42 bits per heavy atom. The van der Waals surface area contributed by atoms with Crippen molar-refractivity contribution in [1.29, 1.82) is 0 Å². The van der Waals surface area contributed by atoms with Crippen molar-refractivity contribution in [2.45, 2.75) is 17.1 Å². The van der Waals surface area contributed by atoms with Gasteiger partial charge in [0.25, 0.3) is 0 Å². The van der Waals surface area contributed by atoms with E-state index in [1.165, 1.54) is 25.2 Å². The first kappa shape index (κ1) is 15.9. The number of rotatable bonds is 6. The molecular weight excluding hydrogens is 286 g/mol. The number of nitrogen functional groups attached to an aromatic ring is 1. The van der Waals surface area contributed by atoms with Crippen LogP contribution < -0.4 is 15.8 Å². The number of hydrogen-bond donors (Lipinski definition) is 3. The fraction of sp³-hybridized carbons (Fsp3) is 0.455. The summed E-state index contributed by atoms with van der Waals surface area (Å²) < 4.78 is 36.9. The molecule has 0 spiro atoms. The summed E-state index contributed by atoms with van der Waals surface area (Å²) >= 11 is 0. The third-order valence-electron chi connectivity index (χ3n) is 2.75. The van der Waals surface area contributed by atoms with E-state index in [9.17, 15) is 12.6 Å². The van der Waals surface area contributed by atoms with Crippen molar-refractivity contribution in [3.63, 3.8) is 0 Å². The molecule has 6 nitrogen and oxygen atoms in total. The minimum atomic E-state index is -3.50. The molecule has 0 radical (unpaired) electrons. The minimum Gasteiger partial charge on any atom is -0.397 e. The normalized spacial score (nSPS) is 14.9. The van der Waals surface area contributed by atoms with Crippen LogP contribution in [0.3, 0.4) is 0 Å². The van der Waals surface area contributed by atoms with Gasteiger partial charge >= 0.3 is 0 Å². The smallest absolute Gasteiger partial charge is 0.240 e. The van der Waals surface area contributed by atoms with Crippen LogP contribution in [-0.2, 0) is 20.8 Å². The van der Waals surface area contributed by atoms with E-state index in [0.29, 0.717) is 17.9 Å². The summed E-state index contributed by atoms with van der Waals surface area (Å²) in [5.41, 5.74) is 6.75. The Bertz CT molecular complexity index is 573. The second-order valence-corrected chi connectivity index (χ2v) is 7.84. The van der Waals surface area contributed by atoms with Crippen molar-refractivity contribution >= 4 is 32.2 Å². The van der Waals surface area contributed by atoms with E-state index in [0.717, 1.165) is 0 Å². The van der Waals surface area contributed by atoms with E-state index >= 15 is 0 Å². The lowest BCUT2D eigenvalue weighted by Gasteiger charge is -2.14. The molecule has 2 atom stereocenters. The zero-order valence-electron chi connectivity index (χ0n) is 11.1. The molecule has 0 saturated heterocycles. The van der Waals surface area contributed by atoms with E-state index in [1.807, 2.05) is 6.92 Å². The third kappa shape index (κ3) is 4.19. The Labute approximate surface area is 116 Å². The second-order valence-electron chi connectivity index (χ2n) is 4.15. The van der Waals surface area contributed by atoms with Crippen molar-refractivity contribution in [2.24, 2.45) is 0 Å². The monoisotopic (exact) mass is 305 g/mol. The predicted molar refractivity (Wildman–Crippen MR) is 79.1 cm³/mol. The number of sulfonamides is 1. The molecule has 19 heavy (non-hydrogen) atoms. The summed E-state index contributed by atoms with van der Waals surface area (Å²) in [4.78, 5) is 0.136. The molecule has 0 bridgehead atoms. The molecule has 2 unspecified atom stereocenters. The van der Waals surface area contributed by atoms with Gasteiger partial charge in [-0.25, -0.2) is 13.1 Å². The topological polar surface area (TPSA) is 101 Å². The highest BCUT2D eigenvalue weighted by molar-refractivity contribution is 7.89. The van der Waals surface area contributed by atoms with E-state index < -0.39 is 20.8 Å². The summed E-state index contributed by atoms with van der Waals surface area (Å²) in [5.74, 6) is 0. The molecule has 0 saturated carbocycles. The molecule has 0 aliphatic rings. The van der Waals surface area contributed by atoms with Crippen LogP contribution in [0.25, 0.3) is 0 Å². The quantitative estimate of drug-likeness (QED) is 0.659. The van der Waals surface area contributed by atoms with Crippen molar-refractivity contribution in [2.75, 3.05) is 30.9 Å². The molecule has 1 rings (SSSR count). The molecule has 108 valence electrons. The average Bonchev–Trinajstić information content (AvgIpc) is 2.36. The molecule has 0 aromatic heterocycles. The van der Waals surface area contributed by atoms with Crippen molar-refractivity contribution in [3.05, 3.63) is 18.2 Å². The highest BCUT2D eigenvalue weighted by Crippen LogP contribution is 2.22. The summed E-state index contributed by atoms with van der Waals surface area (Å²) in [7, 11) is -3.10. The van der Waals surface area contributed by atoms with Gasteiger partial charge in [-0.05, 0) is 32.2 Å². The zero-order valence-corrected chi connectivity index (χ0v) is 12.8. The van der Waals surface area contributed by atoms with Crippen LogP contribution in [0.5, 0.6) is 0 Å². The lowest BCUT2D eigenvalue weighted by atomic mass is 10.2. The second kappa shape index (κ2) is 6.36. The van der Waals surface area contributed by atoms with Crippen LogP contribution >= 0.6 is 0 Å². The molecule has 0 aliphatic heterocycles. The van der Waals surface area contributed by atoms with Crippen LogP contribution in [0.2, 0.25) is 0 Å². The maximum atomic E-state index is 11.7. The fourth-order valence-corrected chi connectivity index (χ4v) is 2.42. The Morgan fingerprint density at radius 2 is 2.05 bits per heavy atom. The SMILES string of the molecule is CNS(=O)(=O)c1ccc(N)c(NCC(C)S(C)=O)c1.